The zero-order chi connectivity index (χ0) is 12.3. The second-order valence-corrected chi connectivity index (χ2v) is 4.65. The lowest BCUT2D eigenvalue weighted by atomic mass is 10.1. The molecule has 0 bridgehead atoms. The fourth-order valence-electron chi connectivity index (χ4n) is 1.49. The van der Waals surface area contributed by atoms with E-state index in [1.165, 1.54) is 0 Å². The van der Waals surface area contributed by atoms with Gasteiger partial charge in [-0.2, -0.15) is 5.10 Å². The molecule has 0 spiro atoms. The van der Waals surface area contributed by atoms with Gasteiger partial charge in [-0.15, -0.1) is 11.8 Å². The van der Waals surface area contributed by atoms with Crippen molar-refractivity contribution in [3.05, 3.63) is 47.8 Å². The van der Waals surface area contributed by atoms with E-state index in [1.807, 2.05) is 25.4 Å². The van der Waals surface area contributed by atoms with Crippen LogP contribution in [0.5, 0.6) is 0 Å². The molecule has 0 unspecified atom stereocenters. The number of carbonyl (C=O) groups is 1. The summed E-state index contributed by atoms with van der Waals surface area (Å²) < 4.78 is 1.73. The number of aromatic nitrogens is 2. The number of nitrogens with zero attached hydrogens (tertiary/aromatic N) is 2. The number of thioether (sulfide) groups is 1. The van der Waals surface area contributed by atoms with Gasteiger partial charge in [0.2, 0.25) is 0 Å². The molecule has 0 amide bonds. The van der Waals surface area contributed by atoms with Gasteiger partial charge in [-0.1, -0.05) is 18.2 Å². The highest BCUT2D eigenvalue weighted by atomic mass is 32.2. The highest BCUT2D eigenvalue weighted by molar-refractivity contribution is 7.98. The maximum atomic E-state index is 11.0. The Morgan fingerprint density at radius 3 is 2.88 bits per heavy atom. The lowest BCUT2D eigenvalue weighted by Gasteiger charge is -2.04. The van der Waals surface area contributed by atoms with Crippen molar-refractivity contribution in [2.45, 2.75) is 10.6 Å². The van der Waals surface area contributed by atoms with E-state index in [0.717, 1.165) is 10.5 Å². The van der Waals surface area contributed by atoms with Crippen LogP contribution >= 0.6 is 11.8 Å². The summed E-state index contributed by atoms with van der Waals surface area (Å²) >= 11 is 1.58. The Bertz CT molecular complexity index is 537. The molecule has 88 valence electrons. The van der Waals surface area contributed by atoms with Crippen molar-refractivity contribution in [2.75, 3.05) is 0 Å². The standard InChI is InChI=1S/C12H12N2O2S/c1-14-7-10(6-13-14)17-8-9-4-2-3-5-11(9)12(15)16/h2-7H,8H2,1H3,(H,15,16). The van der Waals surface area contributed by atoms with Crippen LogP contribution in [0.1, 0.15) is 15.9 Å². The van der Waals surface area contributed by atoms with Crippen molar-refractivity contribution in [2.24, 2.45) is 7.05 Å². The minimum Gasteiger partial charge on any atom is -0.478 e. The topological polar surface area (TPSA) is 55.1 Å². The summed E-state index contributed by atoms with van der Waals surface area (Å²) in [7, 11) is 1.86. The second-order valence-electron chi connectivity index (χ2n) is 3.60. The van der Waals surface area contributed by atoms with Gasteiger partial charge in [0, 0.05) is 23.9 Å². The molecular weight excluding hydrogens is 236 g/mol. The minimum absolute atomic E-state index is 0.365. The minimum atomic E-state index is -0.882. The number of carboxylic acid groups (broad SMARTS) is 1. The number of benzene rings is 1. The third-order valence-corrected chi connectivity index (χ3v) is 3.32. The van der Waals surface area contributed by atoms with Crippen molar-refractivity contribution in [3.8, 4) is 0 Å². The summed E-state index contributed by atoms with van der Waals surface area (Å²) in [6.45, 7) is 0. The molecule has 1 aromatic carbocycles. The molecule has 1 heterocycles. The van der Waals surface area contributed by atoms with E-state index in [9.17, 15) is 4.79 Å². The summed E-state index contributed by atoms with van der Waals surface area (Å²) in [5.74, 6) is -0.249. The molecule has 17 heavy (non-hydrogen) atoms. The Morgan fingerprint density at radius 2 is 2.24 bits per heavy atom. The number of hydrogen-bond donors (Lipinski definition) is 1. The summed E-state index contributed by atoms with van der Waals surface area (Å²) in [4.78, 5) is 12.0. The maximum absolute atomic E-state index is 11.0. The van der Waals surface area contributed by atoms with Crippen LogP contribution in [0.4, 0.5) is 0 Å². The van der Waals surface area contributed by atoms with Gasteiger partial charge >= 0.3 is 5.97 Å². The number of carboxylic acids is 1. The Hall–Kier alpha value is -1.75. The molecule has 5 heteroatoms. The van der Waals surface area contributed by atoms with E-state index >= 15 is 0 Å². The first-order valence-corrected chi connectivity index (χ1v) is 6.08. The average Bonchev–Trinajstić information content (AvgIpc) is 2.73. The van der Waals surface area contributed by atoms with Gasteiger partial charge in [0.15, 0.2) is 0 Å². The third-order valence-electron chi connectivity index (χ3n) is 2.32. The summed E-state index contributed by atoms with van der Waals surface area (Å²) in [6.07, 6.45) is 3.68. The van der Waals surface area contributed by atoms with Gasteiger partial charge in [0.05, 0.1) is 11.8 Å². The maximum Gasteiger partial charge on any atom is 0.335 e. The van der Waals surface area contributed by atoms with Crippen molar-refractivity contribution >= 4 is 17.7 Å². The highest BCUT2D eigenvalue weighted by Gasteiger charge is 2.09. The third kappa shape index (κ3) is 2.88. The van der Waals surface area contributed by atoms with E-state index in [2.05, 4.69) is 5.10 Å². The van der Waals surface area contributed by atoms with Gasteiger partial charge in [0.1, 0.15) is 0 Å². The molecule has 1 N–H and O–H groups in total. The number of aromatic carboxylic acids is 1. The van der Waals surface area contributed by atoms with Crippen molar-refractivity contribution in [1.29, 1.82) is 0 Å². The number of rotatable bonds is 4. The van der Waals surface area contributed by atoms with Gasteiger partial charge in [-0.05, 0) is 11.6 Å². The molecule has 2 aromatic rings. The first-order chi connectivity index (χ1) is 8.16. The van der Waals surface area contributed by atoms with Crippen LogP contribution in [0.3, 0.4) is 0 Å². The lowest BCUT2D eigenvalue weighted by molar-refractivity contribution is 0.0696. The van der Waals surface area contributed by atoms with Crippen molar-refractivity contribution in [1.82, 2.24) is 9.78 Å². The zero-order valence-corrected chi connectivity index (χ0v) is 10.1. The molecule has 0 atom stereocenters. The molecule has 2 rings (SSSR count). The quantitative estimate of drug-likeness (QED) is 0.844. The van der Waals surface area contributed by atoms with Crippen LogP contribution in [-0.4, -0.2) is 20.9 Å². The molecule has 0 aliphatic heterocycles. The largest absolute Gasteiger partial charge is 0.478 e. The molecule has 0 fully saturated rings. The van der Waals surface area contributed by atoms with E-state index in [4.69, 9.17) is 5.11 Å². The van der Waals surface area contributed by atoms with Gasteiger partial charge in [-0.3, -0.25) is 4.68 Å². The first kappa shape index (κ1) is 11.7. The molecule has 0 aliphatic carbocycles. The second kappa shape index (κ2) is 5.05. The zero-order valence-electron chi connectivity index (χ0n) is 9.33. The Balaban J connectivity index is 2.11. The van der Waals surface area contributed by atoms with Gasteiger partial charge < -0.3 is 5.11 Å². The van der Waals surface area contributed by atoms with Gasteiger partial charge in [-0.25, -0.2) is 4.79 Å². The fourth-order valence-corrected chi connectivity index (χ4v) is 2.41. The van der Waals surface area contributed by atoms with Crippen LogP contribution < -0.4 is 0 Å². The predicted molar refractivity (Wildman–Crippen MR) is 66.2 cm³/mol. The highest BCUT2D eigenvalue weighted by Crippen LogP contribution is 2.23. The van der Waals surface area contributed by atoms with E-state index < -0.39 is 5.97 Å². The van der Waals surface area contributed by atoms with Gasteiger partial charge in [0.25, 0.3) is 0 Å². The van der Waals surface area contributed by atoms with Crippen LogP contribution in [0.15, 0.2) is 41.6 Å². The molecule has 0 radical (unpaired) electrons. The number of aryl methyl sites for hydroxylation is 1. The molecule has 1 aromatic heterocycles. The Kier molecular flexibility index (Phi) is 3.49. The molecule has 0 aliphatic rings. The summed E-state index contributed by atoms with van der Waals surface area (Å²) in [6, 6.07) is 7.06. The Labute approximate surface area is 103 Å². The molecule has 0 saturated heterocycles. The summed E-state index contributed by atoms with van der Waals surface area (Å²) in [5, 5.41) is 13.1. The smallest absolute Gasteiger partial charge is 0.335 e. The van der Waals surface area contributed by atoms with Crippen molar-refractivity contribution in [3.63, 3.8) is 0 Å². The van der Waals surface area contributed by atoms with E-state index in [-0.39, 0.29) is 0 Å². The summed E-state index contributed by atoms with van der Waals surface area (Å²) in [5.41, 5.74) is 1.19. The van der Waals surface area contributed by atoms with Crippen LogP contribution in [-0.2, 0) is 12.8 Å². The molecule has 0 saturated carbocycles. The monoisotopic (exact) mass is 248 g/mol. The van der Waals surface area contributed by atoms with Crippen LogP contribution in [0.25, 0.3) is 0 Å². The van der Waals surface area contributed by atoms with Crippen LogP contribution in [0.2, 0.25) is 0 Å². The molecule has 4 nitrogen and oxygen atoms in total. The predicted octanol–water partition coefficient (Wildman–Crippen LogP) is 2.41. The number of hydrogen-bond acceptors (Lipinski definition) is 3. The SMILES string of the molecule is Cn1cc(SCc2ccccc2C(=O)O)cn1. The van der Waals surface area contributed by atoms with E-state index in [0.29, 0.717) is 11.3 Å². The van der Waals surface area contributed by atoms with E-state index in [1.54, 1.807) is 34.8 Å². The van der Waals surface area contributed by atoms with Crippen molar-refractivity contribution < 1.29 is 9.90 Å². The first-order valence-electron chi connectivity index (χ1n) is 5.09. The lowest BCUT2D eigenvalue weighted by Crippen LogP contribution is -2.00. The average molecular weight is 248 g/mol. The fraction of sp³-hybridized carbons (Fsp3) is 0.167. The van der Waals surface area contributed by atoms with Crippen LogP contribution in [0, 0.1) is 0 Å². The normalized spacial score (nSPS) is 10.4. The Morgan fingerprint density at radius 1 is 1.47 bits per heavy atom. The molecular formula is C12H12N2O2S.